The third-order valence-corrected chi connectivity index (χ3v) is 5.18. The molecule has 0 atom stereocenters. The highest BCUT2D eigenvalue weighted by atomic mass is 32.2. The maximum absolute atomic E-state index is 12.6. The first kappa shape index (κ1) is 16.7. The van der Waals surface area contributed by atoms with Gasteiger partial charge in [-0.05, 0) is 37.0 Å². The molecule has 0 spiro atoms. The Morgan fingerprint density at radius 2 is 1.96 bits per heavy atom. The molecular weight excluding hydrogens is 326 g/mol. The second-order valence-corrected chi connectivity index (χ2v) is 8.07. The van der Waals surface area contributed by atoms with Gasteiger partial charge >= 0.3 is 0 Å². The first-order valence-corrected chi connectivity index (χ1v) is 9.94. The predicted octanol–water partition coefficient (Wildman–Crippen LogP) is 1.96. The number of sulfone groups is 1. The number of benzene rings is 1. The van der Waals surface area contributed by atoms with Gasteiger partial charge in [-0.3, -0.25) is 4.79 Å². The number of carbonyl (C=O) groups is 1. The van der Waals surface area contributed by atoms with Crippen LogP contribution in [0.5, 0.6) is 0 Å². The van der Waals surface area contributed by atoms with Gasteiger partial charge in [-0.15, -0.1) is 0 Å². The molecule has 1 fully saturated rings. The highest BCUT2D eigenvalue weighted by molar-refractivity contribution is 7.90. The molecule has 6 nitrogen and oxygen atoms in total. The number of hydrogen-bond acceptors (Lipinski definition) is 4. The molecule has 0 unspecified atom stereocenters. The zero-order valence-electron chi connectivity index (χ0n) is 13.7. The van der Waals surface area contributed by atoms with Crippen molar-refractivity contribution >= 4 is 15.7 Å². The number of rotatable bonds is 4. The quantitative estimate of drug-likeness (QED) is 0.847. The van der Waals surface area contributed by atoms with Crippen molar-refractivity contribution < 1.29 is 13.2 Å². The van der Waals surface area contributed by atoms with E-state index in [9.17, 15) is 13.2 Å². The molecule has 1 aromatic heterocycles. The zero-order chi connectivity index (χ0) is 17.2. The van der Waals surface area contributed by atoms with Crippen LogP contribution < -0.4 is 0 Å². The minimum atomic E-state index is -3.38. The van der Waals surface area contributed by atoms with E-state index in [0.717, 1.165) is 37.8 Å². The summed E-state index contributed by atoms with van der Waals surface area (Å²) in [5.74, 6) is 0.0468. The normalized spacial score (nSPS) is 15.5. The van der Waals surface area contributed by atoms with E-state index in [0.29, 0.717) is 12.1 Å². The fourth-order valence-electron chi connectivity index (χ4n) is 3.02. The lowest BCUT2D eigenvalue weighted by atomic mass is 10.1. The zero-order valence-corrected chi connectivity index (χ0v) is 14.5. The molecule has 7 heteroatoms. The van der Waals surface area contributed by atoms with E-state index in [-0.39, 0.29) is 11.1 Å². The lowest BCUT2D eigenvalue weighted by Gasteiger charge is -2.26. The first-order chi connectivity index (χ1) is 11.4. The predicted molar refractivity (Wildman–Crippen MR) is 90.6 cm³/mol. The Bertz CT molecular complexity index is 836. The molecule has 2 heterocycles. The Morgan fingerprint density at radius 3 is 2.67 bits per heavy atom. The number of carbonyl (C=O) groups excluding carboxylic acids is 1. The van der Waals surface area contributed by atoms with Crippen molar-refractivity contribution in [3.05, 3.63) is 47.8 Å². The maximum Gasteiger partial charge on any atom is 0.253 e. The average Bonchev–Trinajstić information content (AvgIpc) is 3.04. The van der Waals surface area contributed by atoms with Crippen molar-refractivity contribution in [2.45, 2.75) is 31.0 Å². The van der Waals surface area contributed by atoms with Crippen molar-refractivity contribution in [2.24, 2.45) is 0 Å². The first-order valence-electron chi connectivity index (χ1n) is 8.04. The lowest BCUT2D eigenvalue weighted by Crippen LogP contribution is -2.35. The third-order valence-electron chi connectivity index (χ3n) is 4.18. The van der Waals surface area contributed by atoms with Crippen LogP contribution in [0.2, 0.25) is 0 Å². The van der Waals surface area contributed by atoms with E-state index in [1.54, 1.807) is 10.8 Å². The summed E-state index contributed by atoms with van der Waals surface area (Å²) in [5, 5.41) is 0.0373. The van der Waals surface area contributed by atoms with Crippen molar-refractivity contribution in [3.63, 3.8) is 0 Å². The van der Waals surface area contributed by atoms with Gasteiger partial charge in [-0.2, -0.15) is 0 Å². The number of likely N-dealkylation sites (tertiary alicyclic amines) is 1. The van der Waals surface area contributed by atoms with Crippen LogP contribution in [0.1, 0.15) is 35.2 Å². The molecule has 1 saturated heterocycles. The number of amides is 1. The van der Waals surface area contributed by atoms with Crippen LogP contribution in [0.25, 0.3) is 0 Å². The summed E-state index contributed by atoms with van der Waals surface area (Å²) in [6.45, 7) is 1.98. The molecule has 0 aliphatic carbocycles. The third kappa shape index (κ3) is 3.67. The highest BCUT2D eigenvalue weighted by Crippen LogP contribution is 2.16. The van der Waals surface area contributed by atoms with E-state index >= 15 is 0 Å². The van der Waals surface area contributed by atoms with Gasteiger partial charge < -0.3 is 9.47 Å². The van der Waals surface area contributed by atoms with E-state index in [1.165, 1.54) is 12.6 Å². The molecule has 128 valence electrons. The maximum atomic E-state index is 12.6. The van der Waals surface area contributed by atoms with Crippen LogP contribution >= 0.6 is 0 Å². The van der Waals surface area contributed by atoms with Crippen molar-refractivity contribution in [2.75, 3.05) is 19.3 Å². The summed E-state index contributed by atoms with van der Waals surface area (Å²) in [6, 6.07) is 7.37. The van der Waals surface area contributed by atoms with Crippen LogP contribution in [0.3, 0.4) is 0 Å². The van der Waals surface area contributed by atoms with Crippen LogP contribution in [-0.2, 0) is 16.4 Å². The van der Waals surface area contributed by atoms with Crippen molar-refractivity contribution in [3.8, 4) is 0 Å². The molecule has 24 heavy (non-hydrogen) atoms. The Balaban J connectivity index is 1.81. The van der Waals surface area contributed by atoms with E-state index in [1.807, 2.05) is 29.2 Å². The molecule has 1 aliphatic heterocycles. The van der Waals surface area contributed by atoms with Gasteiger partial charge in [0.05, 0.1) is 0 Å². The molecule has 1 aromatic carbocycles. The molecule has 0 bridgehead atoms. The van der Waals surface area contributed by atoms with E-state index < -0.39 is 9.84 Å². The summed E-state index contributed by atoms with van der Waals surface area (Å²) < 4.78 is 25.1. The minimum absolute atomic E-state index is 0.0373. The fourth-order valence-corrected chi connectivity index (χ4v) is 3.83. The fraction of sp³-hybridized carbons (Fsp3) is 0.412. The van der Waals surface area contributed by atoms with Crippen LogP contribution in [0.15, 0.2) is 41.8 Å². The Morgan fingerprint density at radius 1 is 1.21 bits per heavy atom. The molecule has 0 radical (unpaired) electrons. The molecule has 0 saturated carbocycles. The Kier molecular flexibility index (Phi) is 4.71. The number of piperidine rings is 1. The standard InChI is InChI=1S/C17H21N3O3S/c1-24(22,23)17-18-8-11-20(17)13-14-6-5-7-15(12-14)16(21)19-9-3-2-4-10-19/h5-8,11-12H,2-4,9-10,13H2,1H3. The monoisotopic (exact) mass is 347 g/mol. The molecule has 3 rings (SSSR count). The largest absolute Gasteiger partial charge is 0.339 e. The number of aromatic nitrogens is 2. The number of imidazole rings is 1. The summed E-state index contributed by atoms with van der Waals surface area (Å²) in [7, 11) is -3.38. The van der Waals surface area contributed by atoms with Gasteiger partial charge in [0, 0.05) is 43.8 Å². The van der Waals surface area contributed by atoms with Gasteiger partial charge in [-0.25, -0.2) is 13.4 Å². The second-order valence-electron chi connectivity index (χ2n) is 6.16. The minimum Gasteiger partial charge on any atom is -0.339 e. The van der Waals surface area contributed by atoms with Crippen LogP contribution in [-0.4, -0.2) is 48.1 Å². The number of hydrogen-bond donors (Lipinski definition) is 0. The van der Waals surface area contributed by atoms with Gasteiger partial charge in [-0.1, -0.05) is 12.1 Å². The lowest BCUT2D eigenvalue weighted by molar-refractivity contribution is 0.0724. The Hall–Kier alpha value is -2.15. The molecule has 1 amide bonds. The summed E-state index contributed by atoms with van der Waals surface area (Å²) in [6.07, 6.45) is 7.53. The smallest absolute Gasteiger partial charge is 0.253 e. The average molecular weight is 347 g/mol. The van der Waals surface area contributed by atoms with Crippen molar-refractivity contribution in [1.82, 2.24) is 14.5 Å². The van der Waals surface area contributed by atoms with Crippen LogP contribution in [0, 0.1) is 0 Å². The van der Waals surface area contributed by atoms with Gasteiger partial charge in [0.25, 0.3) is 5.91 Å². The topological polar surface area (TPSA) is 72.3 Å². The summed E-state index contributed by atoms with van der Waals surface area (Å²) >= 11 is 0. The summed E-state index contributed by atoms with van der Waals surface area (Å²) in [4.78, 5) is 18.4. The second kappa shape index (κ2) is 6.76. The molecule has 1 aliphatic rings. The Labute approximate surface area is 142 Å². The van der Waals surface area contributed by atoms with E-state index in [4.69, 9.17) is 0 Å². The van der Waals surface area contributed by atoms with E-state index in [2.05, 4.69) is 4.98 Å². The van der Waals surface area contributed by atoms with Gasteiger partial charge in [0.2, 0.25) is 15.0 Å². The van der Waals surface area contributed by atoms with Gasteiger partial charge in [0.1, 0.15) is 0 Å². The molecular formula is C17H21N3O3S. The highest BCUT2D eigenvalue weighted by Gasteiger charge is 2.19. The molecule has 2 aromatic rings. The van der Waals surface area contributed by atoms with Crippen LogP contribution in [0.4, 0.5) is 0 Å². The summed E-state index contributed by atoms with van der Waals surface area (Å²) in [5.41, 5.74) is 1.52. The van der Waals surface area contributed by atoms with Crippen molar-refractivity contribution in [1.29, 1.82) is 0 Å². The van der Waals surface area contributed by atoms with Gasteiger partial charge in [0.15, 0.2) is 0 Å². The SMILES string of the molecule is CS(=O)(=O)c1nccn1Cc1cccc(C(=O)N2CCCCC2)c1. The molecule has 0 N–H and O–H groups in total. The number of nitrogens with zero attached hydrogens (tertiary/aromatic N) is 3.